The SMILES string of the molecule is OC(Cc1ccccc1Br)c1ccccc1F. The van der Waals surface area contributed by atoms with Gasteiger partial charge in [-0.1, -0.05) is 52.3 Å². The van der Waals surface area contributed by atoms with Crippen LogP contribution in [0.3, 0.4) is 0 Å². The van der Waals surface area contributed by atoms with Gasteiger partial charge in [0.15, 0.2) is 0 Å². The summed E-state index contributed by atoms with van der Waals surface area (Å²) >= 11 is 3.41. The van der Waals surface area contributed by atoms with E-state index in [4.69, 9.17) is 0 Å². The third kappa shape index (κ3) is 2.93. The molecule has 17 heavy (non-hydrogen) atoms. The van der Waals surface area contributed by atoms with Crippen molar-refractivity contribution in [1.29, 1.82) is 0 Å². The van der Waals surface area contributed by atoms with E-state index in [0.29, 0.717) is 12.0 Å². The van der Waals surface area contributed by atoms with Gasteiger partial charge in [-0.15, -0.1) is 0 Å². The van der Waals surface area contributed by atoms with Crippen LogP contribution in [0.5, 0.6) is 0 Å². The van der Waals surface area contributed by atoms with E-state index in [1.165, 1.54) is 6.07 Å². The Hall–Kier alpha value is -1.19. The molecule has 2 rings (SSSR count). The summed E-state index contributed by atoms with van der Waals surface area (Å²) in [5.74, 6) is -0.368. The van der Waals surface area contributed by atoms with E-state index in [9.17, 15) is 9.50 Å². The van der Waals surface area contributed by atoms with Crippen molar-refractivity contribution in [2.24, 2.45) is 0 Å². The first-order valence-electron chi connectivity index (χ1n) is 5.34. The Kier molecular flexibility index (Phi) is 3.92. The fourth-order valence-corrected chi connectivity index (χ4v) is 2.17. The topological polar surface area (TPSA) is 20.2 Å². The van der Waals surface area contributed by atoms with Crippen LogP contribution in [0, 0.1) is 5.82 Å². The fraction of sp³-hybridized carbons (Fsp3) is 0.143. The third-order valence-corrected chi connectivity index (χ3v) is 3.41. The van der Waals surface area contributed by atoms with Gasteiger partial charge in [0.1, 0.15) is 5.82 Å². The summed E-state index contributed by atoms with van der Waals surface area (Å²) in [5.41, 5.74) is 1.30. The minimum absolute atomic E-state index is 0.336. The maximum absolute atomic E-state index is 13.5. The Morgan fingerprint density at radius 1 is 1.06 bits per heavy atom. The molecular weight excluding hydrogens is 283 g/mol. The number of aliphatic hydroxyl groups excluding tert-OH is 1. The van der Waals surface area contributed by atoms with Crippen molar-refractivity contribution in [3.05, 3.63) is 69.9 Å². The molecule has 0 saturated heterocycles. The van der Waals surface area contributed by atoms with Crippen LogP contribution in [0.25, 0.3) is 0 Å². The van der Waals surface area contributed by atoms with Gasteiger partial charge in [0.25, 0.3) is 0 Å². The lowest BCUT2D eigenvalue weighted by Gasteiger charge is -2.12. The van der Waals surface area contributed by atoms with Crippen molar-refractivity contribution < 1.29 is 9.50 Å². The van der Waals surface area contributed by atoms with Crippen LogP contribution < -0.4 is 0 Å². The molecule has 3 heteroatoms. The Morgan fingerprint density at radius 2 is 1.71 bits per heavy atom. The van der Waals surface area contributed by atoms with Gasteiger partial charge in [-0.25, -0.2) is 4.39 Å². The van der Waals surface area contributed by atoms with Crippen LogP contribution in [0.1, 0.15) is 17.2 Å². The number of halogens is 2. The van der Waals surface area contributed by atoms with Crippen LogP contribution in [0.2, 0.25) is 0 Å². The van der Waals surface area contributed by atoms with Crippen molar-refractivity contribution in [2.75, 3.05) is 0 Å². The first-order chi connectivity index (χ1) is 8.18. The molecule has 0 spiro atoms. The molecule has 1 N–H and O–H groups in total. The standard InChI is InChI=1S/C14H12BrFO/c15-12-7-3-1-5-10(12)9-14(17)11-6-2-4-8-13(11)16/h1-8,14,17H,9H2. The van der Waals surface area contributed by atoms with E-state index in [-0.39, 0.29) is 5.82 Å². The quantitative estimate of drug-likeness (QED) is 0.911. The van der Waals surface area contributed by atoms with Gasteiger partial charge in [-0.2, -0.15) is 0 Å². The highest BCUT2D eigenvalue weighted by atomic mass is 79.9. The molecule has 0 bridgehead atoms. The maximum Gasteiger partial charge on any atom is 0.129 e. The Morgan fingerprint density at radius 3 is 2.41 bits per heavy atom. The number of rotatable bonds is 3. The first-order valence-corrected chi connectivity index (χ1v) is 6.13. The number of hydrogen-bond donors (Lipinski definition) is 1. The van der Waals surface area contributed by atoms with E-state index in [1.54, 1.807) is 18.2 Å². The van der Waals surface area contributed by atoms with Crippen LogP contribution in [-0.4, -0.2) is 5.11 Å². The van der Waals surface area contributed by atoms with Crippen LogP contribution >= 0.6 is 15.9 Å². The predicted molar refractivity (Wildman–Crippen MR) is 69.2 cm³/mol. The Balaban J connectivity index is 2.20. The number of aliphatic hydroxyl groups is 1. The maximum atomic E-state index is 13.5. The summed E-state index contributed by atoms with van der Waals surface area (Å²) < 4.78 is 14.4. The summed E-state index contributed by atoms with van der Waals surface area (Å²) in [5, 5.41) is 10.0. The molecule has 0 amide bonds. The lowest BCUT2D eigenvalue weighted by atomic mass is 10.0. The highest BCUT2D eigenvalue weighted by Gasteiger charge is 2.13. The Bertz CT molecular complexity index is 513. The molecule has 0 aliphatic heterocycles. The second-order valence-corrected chi connectivity index (χ2v) is 4.69. The molecule has 0 aromatic heterocycles. The average Bonchev–Trinajstić information content (AvgIpc) is 2.32. The van der Waals surface area contributed by atoms with Gasteiger partial charge in [0.05, 0.1) is 6.10 Å². The summed E-state index contributed by atoms with van der Waals surface area (Å²) in [4.78, 5) is 0. The number of hydrogen-bond acceptors (Lipinski definition) is 1. The summed E-state index contributed by atoms with van der Waals surface area (Å²) in [6.45, 7) is 0. The van der Waals surface area contributed by atoms with Crippen molar-refractivity contribution in [3.8, 4) is 0 Å². The molecule has 1 unspecified atom stereocenters. The highest BCUT2D eigenvalue weighted by molar-refractivity contribution is 9.10. The zero-order chi connectivity index (χ0) is 12.3. The zero-order valence-corrected chi connectivity index (χ0v) is 10.7. The molecule has 0 fully saturated rings. The van der Waals surface area contributed by atoms with Gasteiger partial charge in [0, 0.05) is 16.5 Å². The smallest absolute Gasteiger partial charge is 0.129 e. The molecule has 1 nitrogen and oxygen atoms in total. The lowest BCUT2D eigenvalue weighted by Crippen LogP contribution is -2.04. The normalized spacial score (nSPS) is 12.4. The minimum Gasteiger partial charge on any atom is -0.388 e. The van der Waals surface area contributed by atoms with Crippen LogP contribution in [0.4, 0.5) is 4.39 Å². The molecule has 88 valence electrons. The number of benzene rings is 2. The van der Waals surface area contributed by atoms with Gasteiger partial charge >= 0.3 is 0 Å². The second kappa shape index (κ2) is 5.43. The largest absolute Gasteiger partial charge is 0.388 e. The molecule has 0 radical (unpaired) electrons. The molecular formula is C14H12BrFO. The molecule has 1 atom stereocenters. The van der Waals surface area contributed by atoms with E-state index < -0.39 is 6.10 Å². The van der Waals surface area contributed by atoms with Crippen molar-refractivity contribution in [1.82, 2.24) is 0 Å². The van der Waals surface area contributed by atoms with E-state index in [1.807, 2.05) is 24.3 Å². The highest BCUT2D eigenvalue weighted by Crippen LogP contribution is 2.24. The summed E-state index contributed by atoms with van der Waals surface area (Å²) in [6.07, 6.45) is -0.433. The molecule has 0 aliphatic carbocycles. The van der Waals surface area contributed by atoms with Gasteiger partial charge in [0.2, 0.25) is 0 Å². The molecule has 0 heterocycles. The first kappa shape index (κ1) is 12.3. The average molecular weight is 295 g/mol. The third-order valence-electron chi connectivity index (χ3n) is 2.64. The van der Waals surface area contributed by atoms with Gasteiger partial charge in [-0.05, 0) is 17.7 Å². The summed E-state index contributed by atoms with van der Waals surface area (Å²) in [6, 6.07) is 13.9. The van der Waals surface area contributed by atoms with Crippen molar-refractivity contribution in [2.45, 2.75) is 12.5 Å². The lowest BCUT2D eigenvalue weighted by molar-refractivity contribution is 0.173. The van der Waals surface area contributed by atoms with Gasteiger partial charge < -0.3 is 5.11 Å². The predicted octanol–water partition coefficient (Wildman–Crippen LogP) is 3.86. The van der Waals surface area contributed by atoms with Gasteiger partial charge in [-0.3, -0.25) is 0 Å². The van der Waals surface area contributed by atoms with Crippen LogP contribution in [0.15, 0.2) is 53.0 Å². The van der Waals surface area contributed by atoms with Crippen molar-refractivity contribution in [3.63, 3.8) is 0 Å². The molecule has 0 saturated carbocycles. The Labute approximate surface area is 108 Å². The molecule has 2 aromatic carbocycles. The molecule has 0 aliphatic rings. The van der Waals surface area contributed by atoms with E-state index in [0.717, 1.165) is 10.0 Å². The van der Waals surface area contributed by atoms with E-state index >= 15 is 0 Å². The zero-order valence-electron chi connectivity index (χ0n) is 9.11. The van der Waals surface area contributed by atoms with Crippen molar-refractivity contribution >= 4 is 15.9 Å². The fourth-order valence-electron chi connectivity index (χ4n) is 1.73. The van der Waals surface area contributed by atoms with E-state index in [2.05, 4.69) is 15.9 Å². The molecule has 2 aromatic rings. The monoisotopic (exact) mass is 294 g/mol. The van der Waals surface area contributed by atoms with Crippen LogP contribution in [-0.2, 0) is 6.42 Å². The minimum atomic E-state index is -0.824. The second-order valence-electron chi connectivity index (χ2n) is 3.83. The summed E-state index contributed by atoms with van der Waals surface area (Å²) in [7, 11) is 0.